The Morgan fingerprint density at radius 3 is 2.59 bits per heavy atom. The van der Waals surface area contributed by atoms with E-state index in [1.807, 2.05) is 7.05 Å². The maximum atomic E-state index is 12.2. The molecule has 0 aliphatic carbocycles. The van der Waals surface area contributed by atoms with E-state index in [1.165, 1.54) is 18.7 Å². The second-order valence-corrected chi connectivity index (χ2v) is 6.83. The van der Waals surface area contributed by atoms with E-state index in [0.29, 0.717) is 22.2 Å². The first-order valence-electron chi connectivity index (χ1n) is 8.16. The normalized spacial score (nSPS) is 10.6. The van der Waals surface area contributed by atoms with Gasteiger partial charge in [0.1, 0.15) is 5.75 Å². The van der Waals surface area contributed by atoms with Crippen LogP contribution in [0, 0.1) is 0 Å². The van der Waals surface area contributed by atoms with E-state index in [2.05, 4.69) is 15.5 Å². The summed E-state index contributed by atoms with van der Waals surface area (Å²) in [7, 11) is 1.82. The highest BCUT2D eigenvalue weighted by Gasteiger charge is 2.13. The molecule has 0 radical (unpaired) electrons. The van der Waals surface area contributed by atoms with Gasteiger partial charge in [-0.25, -0.2) is 0 Å². The average molecular weight is 382 g/mol. The Balaban J connectivity index is 1.63. The summed E-state index contributed by atoms with van der Waals surface area (Å²) in [5, 5.41) is 21.0. The SMILES string of the molecule is CC(=O)c1cccc(NC(=O)CSc2nnc(-c3ccc(O)cc3)n2C)c1. The smallest absolute Gasteiger partial charge is 0.234 e. The minimum atomic E-state index is -0.199. The van der Waals surface area contributed by atoms with Gasteiger partial charge in [0.2, 0.25) is 5.91 Å². The molecule has 2 aromatic carbocycles. The minimum Gasteiger partial charge on any atom is -0.508 e. The van der Waals surface area contributed by atoms with E-state index in [1.54, 1.807) is 53.1 Å². The van der Waals surface area contributed by atoms with Crippen molar-refractivity contribution in [1.82, 2.24) is 14.8 Å². The summed E-state index contributed by atoms with van der Waals surface area (Å²) in [6.45, 7) is 1.48. The third kappa shape index (κ3) is 4.53. The average Bonchev–Trinajstić information content (AvgIpc) is 3.01. The number of carbonyl (C=O) groups is 2. The standard InChI is InChI=1S/C19H18N4O3S/c1-12(24)14-4-3-5-15(10-14)20-17(26)11-27-19-22-21-18(23(19)2)13-6-8-16(25)9-7-13/h3-10,25H,11H2,1-2H3,(H,20,26). The minimum absolute atomic E-state index is 0.0543. The lowest BCUT2D eigenvalue weighted by Gasteiger charge is -2.07. The van der Waals surface area contributed by atoms with E-state index in [0.717, 1.165) is 5.56 Å². The maximum absolute atomic E-state index is 12.2. The Labute approximate surface area is 160 Å². The van der Waals surface area contributed by atoms with E-state index in [4.69, 9.17) is 0 Å². The number of rotatable bonds is 6. The Kier molecular flexibility index (Phi) is 5.56. The van der Waals surface area contributed by atoms with Gasteiger partial charge in [0.05, 0.1) is 5.75 Å². The molecule has 7 nitrogen and oxygen atoms in total. The Hall–Kier alpha value is -3.13. The van der Waals surface area contributed by atoms with Crippen LogP contribution < -0.4 is 5.32 Å². The lowest BCUT2D eigenvalue weighted by molar-refractivity contribution is -0.113. The van der Waals surface area contributed by atoms with Crippen LogP contribution in [0.5, 0.6) is 5.75 Å². The summed E-state index contributed by atoms with van der Waals surface area (Å²) in [6, 6.07) is 13.5. The molecule has 8 heteroatoms. The highest BCUT2D eigenvalue weighted by Crippen LogP contribution is 2.24. The van der Waals surface area contributed by atoms with E-state index < -0.39 is 0 Å². The van der Waals surface area contributed by atoms with Crippen molar-refractivity contribution < 1.29 is 14.7 Å². The van der Waals surface area contributed by atoms with E-state index >= 15 is 0 Å². The van der Waals surface area contributed by atoms with Crippen LogP contribution in [0.1, 0.15) is 17.3 Å². The number of carbonyl (C=O) groups excluding carboxylic acids is 2. The van der Waals surface area contributed by atoms with Crippen molar-refractivity contribution in [3.8, 4) is 17.1 Å². The van der Waals surface area contributed by atoms with Gasteiger partial charge in [0.25, 0.3) is 0 Å². The second-order valence-electron chi connectivity index (χ2n) is 5.89. The number of nitrogens with one attached hydrogen (secondary N) is 1. The molecule has 0 aliphatic rings. The number of Topliss-reactive ketones (excluding diaryl/α,β-unsaturated/α-hetero) is 1. The molecule has 0 saturated heterocycles. The third-order valence-corrected chi connectivity index (χ3v) is 4.87. The molecule has 0 saturated carbocycles. The quantitative estimate of drug-likeness (QED) is 0.502. The number of hydrogen-bond acceptors (Lipinski definition) is 6. The third-order valence-electron chi connectivity index (χ3n) is 3.85. The van der Waals surface area contributed by atoms with E-state index in [9.17, 15) is 14.7 Å². The van der Waals surface area contributed by atoms with Crippen LogP contribution in [0.15, 0.2) is 53.7 Å². The summed E-state index contributed by atoms with van der Waals surface area (Å²) in [6.07, 6.45) is 0. The summed E-state index contributed by atoms with van der Waals surface area (Å²) in [4.78, 5) is 23.6. The van der Waals surface area contributed by atoms with Crippen LogP contribution in [0.25, 0.3) is 11.4 Å². The number of aromatic hydroxyl groups is 1. The monoisotopic (exact) mass is 382 g/mol. The first-order valence-corrected chi connectivity index (χ1v) is 9.15. The van der Waals surface area contributed by atoms with Crippen molar-refractivity contribution in [2.24, 2.45) is 7.05 Å². The van der Waals surface area contributed by atoms with Crippen molar-refractivity contribution in [3.63, 3.8) is 0 Å². The van der Waals surface area contributed by atoms with Crippen molar-refractivity contribution in [3.05, 3.63) is 54.1 Å². The fourth-order valence-corrected chi connectivity index (χ4v) is 3.16. The van der Waals surface area contributed by atoms with Crippen molar-refractivity contribution >= 4 is 29.1 Å². The largest absolute Gasteiger partial charge is 0.508 e. The number of amides is 1. The van der Waals surface area contributed by atoms with Crippen LogP contribution in [0.4, 0.5) is 5.69 Å². The molecule has 0 unspecified atom stereocenters. The summed E-state index contributed by atoms with van der Waals surface area (Å²) in [5.41, 5.74) is 1.95. The van der Waals surface area contributed by atoms with Gasteiger partial charge < -0.3 is 15.0 Å². The number of nitrogens with zero attached hydrogens (tertiary/aromatic N) is 3. The lowest BCUT2D eigenvalue weighted by atomic mass is 10.1. The Bertz CT molecular complexity index is 983. The molecule has 1 heterocycles. The molecule has 1 amide bonds. The maximum Gasteiger partial charge on any atom is 0.234 e. The predicted octanol–water partition coefficient (Wildman–Crippen LogP) is 3.12. The van der Waals surface area contributed by atoms with Gasteiger partial charge in [-0.1, -0.05) is 23.9 Å². The van der Waals surface area contributed by atoms with Gasteiger partial charge in [-0.2, -0.15) is 0 Å². The number of ketones is 1. The van der Waals surface area contributed by atoms with Crippen molar-refractivity contribution in [2.75, 3.05) is 11.1 Å². The highest BCUT2D eigenvalue weighted by atomic mass is 32.2. The molecule has 3 rings (SSSR count). The molecule has 2 N–H and O–H groups in total. The molecular formula is C19H18N4O3S. The molecule has 27 heavy (non-hydrogen) atoms. The number of benzene rings is 2. The number of phenols is 1. The highest BCUT2D eigenvalue weighted by molar-refractivity contribution is 7.99. The van der Waals surface area contributed by atoms with E-state index in [-0.39, 0.29) is 23.2 Å². The first kappa shape index (κ1) is 18.7. The number of aromatic nitrogens is 3. The number of phenolic OH excluding ortho intramolecular Hbond substituents is 1. The summed E-state index contributed by atoms with van der Waals surface area (Å²) in [5.74, 6) is 0.732. The Morgan fingerprint density at radius 2 is 1.89 bits per heavy atom. The van der Waals surface area contributed by atoms with Gasteiger partial charge in [0.15, 0.2) is 16.8 Å². The first-order chi connectivity index (χ1) is 12.9. The fraction of sp³-hybridized carbons (Fsp3) is 0.158. The van der Waals surface area contributed by atoms with Gasteiger partial charge in [-0.05, 0) is 43.3 Å². The van der Waals surface area contributed by atoms with Gasteiger partial charge in [-0.15, -0.1) is 10.2 Å². The van der Waals surface area contributed by atoms with Crippen LogP contribution in [-0.4, -0.2) is 37.3 Å². The zero-order valence-electron chi connectivity index (χ0n) is 14.8. The van der Waals surface area contributed by atoms with Gasteiger partial charge in [0, 0.05) is 23.9 Å². The summed E-state index contributed by atoms with van der Waals surface area (Å²) < 4.78 is 1.79. The van der Waals surface area contributed by atoms with Crippen molar-refractivity contribution in [1.29, 1.82) is 0 Å². The number of thioether (sulfide) groups is 1. The molecular weight excluding hydrogens is 364 g/mol. The van der Waals surface area contributed by atoms with Crippen LogP contribution >= 0.6 is 11.8 Å². The van der Waals surface area contributed by atoms with Crippen LogP contribution in [-0.2, 0) is 11.8 Å². The topological polar surface area (TPSA) is 97.1 Å². The summed E-state index contributed by atoms with van der Waals surface area (Å²) >= 11 is 1.26. The van der Waals surface area contributed by atoms with Crippen molar-refractivity contribution in [2.45, 2.75) is 12.1 Å². The molecule has 0 atom stereocenters. The molecule has 1 aromatic heterocycles. The molecule has 138 valence electrons. The molecule has 3 aromatic rings. The molecule has 0 aliphatic heterocycles. The zero-order valence-corrected chi connectivity index (χ0v) is 15.7. The zero-order chi connectivity index (χ0) is 19.4. The molecule has 0 spiro atoms. The molecule has 0 bridgehead atoms. The number of hydrogen-bond donors (Lipinski definition) is 2. The fourth-order valence-electron chi connectivity index (χ4n) is 2.45. The number of anilines is 1. The van der Waals surface area contributed by atoms with Gasteiger partial charge in [-0.3, -0.25) is 9.59 Å². The lowest BCUT2D eigenvalue weighted by Crippen LogP contribution is -2.14. The van der Waals surface area contributed by atoms with Crippen LogP contribution in [0.2, 0.25) is 0 Å². The van der Waals surface area contributed by atoms with Crippen LogP contribution in [0.3, 0.4) is 0 Å². The Morgan fingerprint density at radius 1 is 1.15 bits per heavy atom. The molecule has 0 fully saturated rings. The van der Waals surface area contributed by atoms with Gasteiger partial charge >= 0.3 is 0 Å². The predicted molar refractivity (Wildman–Crippen MR) is 104 cm³/mol. The second kappa shape index (κ2) is 8.05.